The molecule has 0 aliphatic carbocycles. The number of hydrogen-bond acceptors (Lipinski definition) is 5. The predicted octanol–water partition coefficient (Wildman–Crippen LogP) is 0.825. The van der Waals surface area contributed by atoms with Crippen LogP contribution in [0.1, 0.15) is 0 Å². The third-order valence-electron chi connectivity index (χ3n) is 3.11. The van der Waals surface area contributed by atoms with Gasteiger partial charge in [-0.15, -0.1) is 0 Å². The van der Waals surface area contributed by atoms with E-state index < -0.39 is 12.2 Å². The molecule has 0 spiro atoms. The summed E-state index contributed by atoms with van der Waals surface area (Å²) in [7, 11) is 0. The van der Waals surface area contributed by atoms with E-state index >= 15 is 0 Å². The summed E-state index contributed by atoms with van der Waals surface area (Å²) in [6.07, 6.45) is -1.50. The van der Waals surface area contributed by atoms with Crippen LogP contribution in [0.25, 0.3) is 10.9 Å². The first kappa shape index (κ1) is 11.6. The molecule has 0 saturated carbocycles. The van der Waals surface area contributed by atoms with Gasteiger partial charge in [0, 0.05) is 18.5 Å². The van der Waals surface area contributed by atoms with Crippen molar-refractivity contribution in [2.75, 3.05) is 18.0 Å². The minimum absolute atomic E-state index is 0.166. The van der Waals surface area contributed by atoms with Crippen molar-refractivity contribution in [3.63, 3.8) is 0 Å². The third-order valence-corrected chi connectivity index (χ3v) is 3.28. The summed E-state index contributed by atoms with van der Waals surface area (Å²) in [5.41, 5.74) is 0.753. The Hall–Kier alpha value is -1.43. The lowest BCUT2D eigenvalue weighted by Gasteiger charge is -2.18. The molecule has 1 aliphatic heterocycles. The van der Waals surface area contributed by atoms with Gasteiger partial charge in [-0.25, -0.2) is 4.98 Å². The smallest absolute Gasteiger partial charge is 0.224 e. The van der Waals surface area contributed by atoms with Crippen LogP contribution in [0.3, 0.4) is 0 Å². The second-order valence-corrected chi connectivity index (χ2v) is 4.71. The molecular weight excluding hydrogens is 254 g/mol. The normalized spacial score (nSPS) is 23.8. The molecule has 2 atom stereocenters. The molecule has 0 amide bonds. The van der Waals surface area contributed by atoms with Crippen molar-refractivity contribution < 1.29 is 10.2 Å². The first-order chi connectivity index (χ1) is 8.65. The van der Waals surface area contributed by atoms with E-state index in [4.69, 9.17) is 11.6 Å². The largest absolute Gasteiger partial charge is 0.389 e. The molecule has 1 saturated heterocycles. The molecule has 2 unspecified atom stereocenters. The van der Waals surface area contributed by atoms with E-state index in [1.54, 1.807) is 0 Å². The highest BCUT2D eigenvalue weighted by molar-refractivity contribution is 6.28. The van der Waals surface area contributed by atoms with Crippen LogP contribution in [0.2, 0.25) is 5.28 Å². The Balaban J connectivity index is 2.11. The molecule has 2 aromatic rings. The summed E-state index contributed by atoms with van der Waals surface area (Å²) in [6, 6.07) is 7.53. The summed E-state index contributed by atoms with van der Waals surface area (Å²) in [5.74, 6) is 0.654. The molecule has 1 fully saturated rings. The molecule has 6 heteroatoms. The van der Waals surface area contributed by atoms with Gasteiger partial charge >= 0.3 is 0 Å². The number of anilines is 1. The number of β-amino-alcohol motifs (C(OH)–C–C–N with tert-alkyl or cyclic N) is 2. The van der Waals surface area contributed by atoms with Gasteiger partial charge in [0.25, 0.3) is 0 Å². The molecule has 18 heavy (non-hydrogen) atoms. The topological polar surface area (TPSA) is 69.5 Å². The summed E-state index contributed by atoms with van der Waals surface area (Å²) in [5, 5.41) is 20.2. The van der Waals surface area contributed by atoms with Crippen molar-refractivity contribution in [1.29, 1.82) is 0 Å². The van der Waals surface area contributed by atoms with E-state index in [-0.39, 0.29) is 5.28 Å². The number of benzene rings is 1. The predicted molar refractivity (Wildman–Crippen MR) is 68.8 cm³/mol. The van der Waals surface area contributed by atoms with Crippen LogP contribution >= 0.6 is 11.6 Å². The number of rotatable bonds is 1. The lowest BCUT2D eigenvalue weighted by Crippen LogP contribution is -2.22. The zero-order valence-corrected chi connectivity index (χ0v) is 10.2. The fraction of sp³-hybridized carbons (Fsp3) is 0.333. The van der Waals surface area contributed by atoms with E-state index in [0.717, 1.165) is 10.9 Å². The Morgan fingerprint density at radius 2 is 1.78 bits per heavy atom. The van der Waals surface area contributed by atoms with Crippen molar-refractivity contribution in [2.24, 2.45) is 0 Å². The van der Waals surface area contributed by atoms with Gasteiger partial charge in [0.05, 0.1) is 17.7 Å². The monoisotopic (exact) mass is 265 g/mol. The Kier molecular flexibility index (Phi) is 2.81. The summed E-state index contributed by atoms with van der Waals surface area (Å²) in [6.45, 7) is 0.691. The van der Waals surface area contributed by atoms with E-state index in [1.165, 1.54) is 0 Å². The minimum atomic E-state index is -0.752. The van der Waals surface area contributed by atoms with E-state index in [9.17, 15) is 10.2 Å². The molecule has 2 N–H and O–H groups in total. The van der Waals surface area contributed by atoms with Crippen LogP contribution in [0.15, 0.2) is 24.3 Å². The second kappa shape index (κ2) is 4.35. The van der Waals surface area contributed by atoms with Crippen LogP contribution in [-0.4, -0.2) is 45.5 Å². The fourth-order valence-electron chi connectivity index (χ4n) is 2.22. The second-order valence-electron chi connectivity index (χ2n) is 4.37. The van der Waals surface area contributed by atoms with Gasteiger partial charge in [0.15, 0.2) is 0 Å². The molecule has 0 radical (unpaired) electrons. The molecule has 94 valence electrons. The van der Waals surface area contributed by atoms with E-state index in [1.807, 2.05) is 29.2 Å². The first-order valence-electron chi connectivity index (χ1n) is 5.68. The van der Waals surface area contributed by atoms with Crippen LogP contribution in [0, 0.1) is 0 Å². The zero-order valence-electron chi connectivity index (χ0n) is 9.49. The van der Waals surface area contributed by atoms with Crippen molar-refractivity contribution in [2.45, 2.75) is 12.2 Å². The Morgan fingerprint density at radius 1 is 1.11 bits per heavy atom. The number of fused-ring (bicyclic) bond motifs is 1. The van der Waals surface area contributed by atoms with E-state index in [0.29, 0.717) is 18.9 Å². The van der Waals surface area contributed by atoms with Crippen molar-refractivity contribution in [3.05, 3.63) is 29.5 Å². The van der Waals surface area contributed by atoms with Crippen LogP contribution in [0.5, 0.6) is 0 Å². The maximum atomic E-state index is 9.60. The summed E-state index contributed by atoms with van der Waals surface area (Å²) in [4.78, 5) is 10.2. The minimum Gasteiger partial charge on any atom is -0.389 e. The van der Waals surface area contributed by atoms with Gasteiger partial charge in [0.2, 0.25) is 5.28 Å². The number of nitrogens with zero attached hydrogens (tertiary/aromatic N) is 3. The lowest BCUT2D eigenvalue weighted by molar-refractivity contribution is 0.0572. The summed E-state index contributed by atoms with van der Waals surface area (Å²) >= 11 is 5.90. The molecule has 1 aromatic heterocycles. The number of hydrogen-bond donors (Lipinski definition) is 2. The molecule has 3 rings (SSSR count). The van der Waals surface area contributed by atoms with Gasteiger partial charge in [-0.05, 0) is 23.7 Å². The first-order valence-corrected chi connectivity index (χ1v) is 6.06. The Morgan fingerprint density at radius 3 is 2.50 bits per heavy atom. The highest BCUT2D eigenvalue weighted by Gasteiger charge is 2.31. The van der Waals surface area contributed by atoms with Gasteiger partial charge < -0.3 is 15.1 Å². The number of aliphatic hydroxyl groups excluding tert-OH is 2. The van der Waals surface area contributed by atoms with Crippen LogP contribution in [-0.2, 0) is 0 Å². The van der Waals surface area contributed by atoms with Gasteiger partial charge in [-0.2, -0.15) is 4.98 Å². The number of para-hydroxylation sites is 1. The SMILES string of the molecule is OC1CN(c2nc(Cl)nc3ccccc23)CC1O. The van der Waals surface area contributed by atoms with Crippen LogP contribution < -0.4 is 4.90 Å². The average molecular weight is 266 g/mol. The highest BCUT2D eigenvalue weighted by Crippen LogP contribution is 2.27. The van der Waals surface area contributed by atoms with Crippen molar-refractivity contribution >= 4 is 28.3 Å². The molecule has 0 bridgehead atoms. The van der Waals surface area contributed by atoms with E-state index in [2.05, 4.69) is 9.97 Å². The lowest BCUT2D eigenvalue weighted by atomic mass is 10.2. The molecule has 1 aromatic carbocycles. The Labute approximate surface area is 109 Å². The third kappa shape index (κ3) is 1.90. The molecule has 2 heterocycles. The summed E-state index contributed by atoms with van der Waals surface area (Å²) < 4.78 is 0. The van der Waals surface area contributed by atoms with Gasteiger partial charge in [-0.3, -0.25) is 0 Å². The molecular formula is C12H12ClN3O2. The quantitative estimate of drug-likeness (QED) is 0.748. The van der Waals surface area contributed by atoms with Gasteiger partial charge in [0.1, 0.15) is 5.82 Å². The van der Waals surface area contributed by atoms with Crippen molar-refractivity contribution in [3.8, 4) is 0 Å². The van der Waals surface area contributed by atoms with Crippen LogP contribution in [0.4, 0.5) is 5.82 Å². The number of aliphatic hydroxyl groups is 2. The fourth-order valence-corrected chi connectivity index (χ4v) is 2.39. The molecule has 5 nitrogen and oxygen atoms in total. The number of halogens is 1. The van der Waals surface area contributed by atoms with Gasteiger partial charge in [-0.1, -0.05) is 12.1 Å². The average Bonchev–Trinajstić information content (AvgIpc) is 2.68. The number of aromatic nitrogens is 2. The maximum Gasteiger partial charge on any atom is 0.224 e. The Bertz CT molecular complexity index is 583. The zero-order chi connectivity index (χ0) is 12.7. The van der Waals surface area contributed by atoms with Crippen molar-refractivity contribution in [1.82, 2.24) is 9.97 Å². The maximum absolute atomic E-state index is 9.60. The molecule has 1 aliphatic rings. The highest BCUT2D eigenvalue weighted by atomic mass is 35.5. The standard InChI is InChI=1S/C12H12ClN3O2/c13-12-14-8-4-2-1-3-7(8)11(15-12)16-5-9(17)10(18)6-16/h1-4,9-10,17-18H,5-6H2.